The number of hydrogen-bond acceptors (Lipinski definition) is 4. The summed E-state index contributed by atoms with van der Waals surface area (Å²) in [6.07, 6.45) is 4.27. The van der Waals surface area contributed by atoms with Crippen LogP contribution in [0, 0.1) is 0 Å². The fraction of sp³-hybridized carbons (Fsp3) is 0.250. The highest BCUT2D eigenvalue weighted by molar-refractivity contribution is 9.10. The Morgan fingerprint density at radius 2 is 2.29 bits per heavy atom. The Hall–Kier alpha value is -1.88. The number of nitrogens with zero attached hydrogens (tertiary/aromatic N) is 1. The van der Waals surface area contributed by atoms with E-state index in [9.17, 15) is 4.79 Å². The summed E-state index contributed by atoms with van der Waals surface area (Å²) >= 11 is 3.42. The van der Waals surface area contributed by atoms with E-state index in [1.54, 1.807) is 6.20 Å². The molecule has 110 valence electrons. The number of carbonyl (C=O) groups is 1. The molecule has 1 aromatic heterocycles. The second-order valence-corrected chi connectivity index (χ2v) is 5.40. The zero-order valence-corrected chi connectivity index (χ0v) is 13.6. The van der Waals surface area contributed by atoms with E-state index in [0.29, 0.717) is 18.5 Å². The number of ether oxygens (including phenoxy) is 1. The van der Waals surface area contributed by atoms with Gasteiger partial charge in [-0.3, -0.25) is 4.98 Å². The van der Waals surface area contributed by atoms with Gasteiger partial charge in [0.2, 0.25) is 0 Å². The van der Waals surface area contributed by atoms with Gasteiger partial charge in [0.1, 0.15) is 0 Å². The number of halogens is 1. The molecule has 4 nitrogen and oxygen atoms in total. The molecule has 0 bridgehead atoms. The fourth-order valence-electron chi connectivity index (χ4n) is 2.06. The van der Waals surface area contributed by atoms with Crippen LogP contribution in [0.1, 0.15) is 13.3 Å². The normalized spacial score (nSPS) is 11.5. The van der Waals surface area contributed by atoms with Crippen molar-refractivity contribution in [1.82, 2.24) is 4.98 Å². The van der Waals surface area contributed by atoms with E-state index >= 15 is 0 Å². The highest BCUT2D eigenvalue weighted by Gasteiger charge is 2.06. The topological polar surface area (TPSA) is 51.2 Å². The molecule has 0 aliphatic rings. The van der Waals surface area contributed by atoms with Crippen molar-refractivity contribution in [3.63, 3.8) is 0 Å². The van der Waals surface area contributed by atoms with Gasteiger partial charge < -0.3 is 10.1 Å². The van der Waals surface area contributed by atoms with E-state index in [1.165, 1.54) is 7.11 Å². The molecule has 2 aromatic rings. The number of anilines is 1. The lowest BCUT2D eigenvalue weighted by Gasteiger charge is -2.08. The summed E-state index contributed by atoms with van der Waals surface area (Å²) in [4.78, 5) is 15.9. The third kappa shape index (κ3) is 3.82. The van der Waals surface area contributed by atoms with E-state index < -0.39 is 0 Å². The predicted octanol–water partition coefficient (Wildman–Crippen LogP) is 3.92. The number of benzene rings is 1. The molecule has 2 rings (SSSR count). The van der Waals surface area contributed by atoms with Gasteiger partial charge in [0, 0.05) is 28.2 Å². The average Bonchev–Trinajstić information content (AvgIpc) is 2.50. The van der Waals surface area contributed by atoms with Gasteiger partial charge in [0.05, 0.1) is 18.3 Å². The molecule has 1 aromatic carbocycles. The van der Waals surface area contributed by atoms with Crippen LogP contribution in [0.4, 0.5) is 5.69 Å². The van der Waals surface area contributed by atoms with E-state index in [2.05, 4.69) is 26.2 Å². The van der Waals surface area contributed by atoms with Gasteiger partial charge in [0.15, 0.2) is 0 Å². The van der Waals surface area contributed by atoms with Crippen molar-refractivity contribution < 1.29 is 9.53 Å². The van der Waals surface area contributed by atoms with Gasteiger partial charge >= 0.3 is 5.97 Å². The highest BCUT2D eigenvalue weighted by atomic mass is 79.9. The Morgan fingerprint density at radius 3 is 3.00 bits per heavy atom. The second-order valence-electron chi connectivity index (χ2n) is 4.49. The van der Waals surface area contributed by atoms with Crippen LogP contribution in [0.3, 0.4) is 0 Å². The minimum atomic E-state index is -0.278. The zero-order chi connectivity index (χ0) is 15.2. The van der Waals surface area contributed by atoms with Crippen LogP contribution < -0.4 is 5.32 Å². The third-order valence-corrected chi connectivity index (χ3v) is 3.58. The zero-order valence-electron chi connectivity index (χ0n) is 12.0. The van der Waals surface area contributed by atoms with E-state index in [-0.39, 0.29) is 5.97 Å². The van der Waals surface area contributed by atoms with Gasteiger partial charge in [-0.25, -0.2) is 4.79 Å². The minimum absolute atomic E-state index is 0.278. The van der Waals surface area contributed by atoms with Crippen LogP contribution in [0.2, 0.25) is 0 Å². The molecule has 0 aliphatic carbocycles. The van der Waals surface area contributed by atoms with Gasteiger partial charge in [-0.05, 0) is 34.5 Å². The first-order valence-corrected chi connectivity index (χ1v) is 7.50. The molecular formula is C16H17BrN2O2. The van der Waals surface area contributed by atoms with Crippen LogP contribution in [0.5, 0.6) is 0 Å². The smallest absolute Gasteiger partial charge is 0.333 e. The van der Waals surface area contributed by atoms with Crippen molar-refractivity contribution in [3.8, 4) is 0 Å². The second kappa shape index (κ2) is 7.22. The van der Waals surface area contributed by atoms with E-state index in [4.69, 9.17) is 4.74 Å². The fourth-order valence-corrected chi connectivity index (χ4v) is 2.41. The maximum absolute atomic E-state index is 11.5. The molecule has 0 unspecified atom stereocenters. The number of esters is 1. The summed E-state index contributed by atoms with van der Waals surface area (Å²) in [7, 11) is 1.39. The molecule has 0 atom stereocenters. The number of methoxy groups -OCH3 is 1. The van der Waals surface area contributed by atoms with E-state index in [1.807, 2.05) is 37.3 Å². The standard InChI is InChI=1S/C16H17BrN2O2/c1-3-11(16(20)21-2)7-8-18-14-6-4-5-12-9-13(17)10-19-15(12)14/h4-7,9-10,18H,3,8H2,1-2H3/b11-7-. The van der Waals surface area contributed by atoms with Crippen LogP contribution in [-0.2, 0) is 9.53 Å². The third-order valence-electron chi connectivity index (χ3n) is 3.15. The Balaban J connectivity index is 2.17. The number of para-hydroxylation sites is 1. The molecule has 5 heteroatoms. The van der Waals surface area contributed by atoms with Gasteiger partial charge in [-0.2, -0.15) is 0 Å². The van der Waals surface area contributed by atoms with Crippen molar-refractivity contribution in [3.05, 3.63) is 46.6 Å². The number of pyridine rings is 1. The maximum atomic E-state index is 11.5. The van der Waals surface area contributed by atoms with Crippen molar-refractivity contribution in [2.45, 2.75) is 13.3 Å². The van der Waals surface area contributed by atoms with Gasteiger partial charge in [0.25, 0.3) is 0 Å². The largest absolute Gasteiger partial charge is 0.466 e. The Kier molecular flexibility index (Phi) is 5.33. The van der Waals surface area contributed by atoms with E-state index in [0.717, 1.165) is 21.1 Å². The highest BCUT2D eigenvalue weighted by Crippen LogP contribution is 2.23. The Morgan fingerprint density at radius 1 is 1.48 bits per heavy atom. The molecular weight excluding hydrogens is 332 g/mol. The monoisotopic (exact) mass is 348 g/mol. The summed E-state index contributed by atoms with van der Waals surface area (Å²) in [6.45, 7) is 2.48. The number of fused-ring (bicyclic) bond motifs is 1. The summed E-state index contributed by atoms with van der Waals surface area (Å²) in [5.74, 6) is -0.278. The van der Waals surface area contributed by atoms with Crippen molar-refractivity contribution in [1.29, 1.82) is 0 Å². The summed E-state index contributed by atoms with van der Waals surface area (Å²) < 4.78 is 5.69. The molecule has 0 spiro atoms. The van der Waals surface area contributed by atoms with Gasteiger partial charge in [-0.15, -0.1) is 0 Å². The number of aromatic nitrogens is 1. The molecule has 0 aliphatic heterocycles. The molecule has 1 N–H and O–H groups in total. The van der Waals surface area contributed by atoms with Crippen LogP contribution in [-0.4, -0.2) is 24.6 Å². The average molecular weight is 349 g/mol. The Bertz CT molecular complexity index is 683. The molecule has 21 heavy (non-hydrogen) atoms. The summed E-state index contributed by atoms with van der Waals surface area (Å²) in [5, 5.41) is 4.35. The molecule has 0 saturated carbocycles. The van der Waals surface area contributed by atoms with Crippen molar-refractivity contribution in [2.24, 2.45) is 0 Å². The molecule has 0 radical (unpaired) electrons. The van der Waals surface area contributed by atoms with Crippen molar-refractivity contribution in [2.75, 3.05) is 19.0 Å². The first-order valence-electron chi connectivity index (χ1n) is 6.71. The Labute approximate surface area is 132 Å². The minimum Gasteiger partial charge on any atom is -0.466 e. The van der Waals surface area contributed by atoms with Crippen LogP contribution >= 0.6 is 15.9 Å². The number of carbonyl (C=O) groups excluding carboxylic acids is 1. The SMILES string of the molecule is CC/C(=C/CNc1cccc2cc(Br)cnc12)C(=O)OC. The van der Waals surface area contributed by atoms with Crippen LogP contribution in [0.25, 0.3) is 10.9 Å². The predicted molar refractivity (Wildman–Crippen MR) is 88.3 cm³/mol. The summed E-state index contributed by atoms with van der Waals surface area (Å²) in [5.41, 5.74) is 2.52. The molecule has 0 saturated heterocycles. The van der Waals surface area contributed by atoms with Crippen molar-refractivity contribution >= 4 is 38.5 Å². The maximum Gasteiger partial charge on any atom is 0.333 e. The molecule has 1 heterocycles. The molecule has 0 fully saturated rings. The lowest BCUT2D eigenvalue weighted by molar-refractivity contribution is -0.136. The first kappa shape index (κ1) is 15.5. The lowest BCUT2D eigenvalue weighted by atomic mass is 10.1. The van der Waals surface area contributed by atoms with Gasteiger partial charge in [-0.1, -0.05) is 25.1 Å². The number of nitrogens with one attached hydrogen (secondary N) is 1. The number of rotatable bonds is 5. The quantitative estimate of drug-likeness (QED) is 0.657. The number of hydrogen-bond donors (Lipinski definition) is 1. The van der Waals surface area contributed by atoms with Crippen LogP contribution in [0.15, 0.2) is 46.6 Å². The lowest BCUT2D eigenvalue weighted by Crippen LogP contribution is -2.07. The first-order chi connectivity index (χ1) is 10.2. The molecule has 0 amide bonds. The summed E-state index contributed by atoms with van der Waals surface area (Å²) in [6, 6.07) is 7.99.